The van der Waals surface area contributed by atoms with Gasteiger partial charge < -0.3 is 15.2 Å². The van der Waals surface area contributed by atoms with Gasteiger partial charge in [-0.2, -0.15) is 13.2 Å². The third-order valence-electron chi connectivity index (χ3n) is 6.33. The van der Waals surface area contributed by atoms with Crippen LogP contribution in [0.3, 0.4) is 0 Å². The molecule has 1 saturated carbocycles. The largest absolute Gasteiger partial charge is 0.416 e. The van der Waals surface area contributed by atoms with Gasteiger partial charge in [0.2, 0.25) is 0 Å². The van der Waals surface area contributed by atoms with Crippen LogP contribution >= 0.6 is 0 Å². The van der Waals surface area contributed by atoms with Crippen molar-refractivity contribution in [3.63, 3.8) is 0 Å². The van der Waals surface area contributed by atoms with E-state index in [2.05, 4.69) is 5.32 Å². The molecule has 0 aromatic heterocycles. The predicted molar refractivity (Wildman–Crippen MR) is 128 cm³/mol. The van der Waals surface area contributed by atoms with Gasteiger partial charge in [-0.05, 0) is 42.2 Å². The number of aliphatic hydroxyl groups excluding tert-OH is 1. The standard InChI is InChI=1S/C28H28F3NO3/c29-28(30,31)21-15-16-22(27(34)26(33)20-11-5-2-6-12-20)24(17-21)32-23-13-7-8-14-25(23)35-18-19-9-3-1-4-10-19/h1-6,9-12,15-17,23,25-26,32-33H,7-8,13-14,18H2/t23-,25-,26?/m0/s1. The summed E-state index contributed by atoms with van der Waals surface area (Å²) in [6.45, 7) is 0.394. The van der Waals surface area contributed by atoms with E-state index in [-0.39, 0.29) is 23.4 Å². The highest BCUT2D eigenvalue weighted by molar-refractivity contribution is 6.04. The van der Waals surface area contributed by atoms with E-state index in [0.717, 1.165) is 43.0 Å². The van der Waals surface area contributed by atoms with Crippen LogP contribution in [0.1, 0.15) is 58.8 Å². The molecule has 1 unspecified atom stereocenters. The highest BCUT2D eigenvalue weighted by atomic mass is 19.4. The number of aliphatic hydroxyl groups is 1. The topological polar surface area (TPSA) is 58.6 Å². The number of carbonyl (C=O) groups excluding carboxylic acids is 1. The van der Waals surface area contributed by atoms with E-state index in [0.29, 0.717) is 18.6 Å². The van der Waals surface area contributed by atoms with E-state index >= 15 is 0 Å². The monoisotopic (exact) mass is 483 g/mol. The molecular formula is C28H28F3NO3. The lowest BCUT2D eigenvalue weighted by atomic mass is 9.91. The maximum Gasteiger partial charge on any atom is 0.416 e. The van der Waals surface area contributed by atoms with E-state index in [1.54, 1.807) is 30.3 Å². The van der Waals surface area contributed by atoms with Crippen molar-refractivity contribution in [1.29, 1.82) is 0 Å². The number of hydrogen-bond donors (Lipinski definition) is 2. The minimum atomic E-state index is -4.56. The molecule has 0 radical (unpaired) electrons. The van der Waals surface area contributed by atoms with Crippen molar-refractivity contribution in [1.82, 2.24) is 0 Å². The number of hydrogen-bond acceptors (Lipinski definition) is 4. The number of ether oxygens (including phenoxy) is 1. The van der Waals surface area contributed by atoms with Crippen LogP contribution in [0.15, 0.2) is 78.9 Å². The molecule has 0 saturated heterocycles. The van der Waals surface area contributed by atoms with Gasteiger partial charge in [0.1, 0.15) is 6.10 Å². The summed E-state index contributed by atoms with van der Waals surface area (Å²) in [6.07, 6.45) is -2.95. The number of anilines is 1. The van der Waals surface area contributed by atoms with Crippen LogP contribution in [-0.4, -0.2) is 23.0 Å². The Morgan fingerprint density at radius 3 is 2.31 bits per heavy atom. The molecule has 0 bridgehead atoms. The summed E-state index contributed by atoms with van der Waals surface area (Å²) in [7, 11) is 0. The van der Waals surface area contributed by atoms with Gasteiger partial charge in [-0.15, -0.1) is 0 Å². The molecule has 0 heterocycles. The SMILES string of the molecule is O=C(c1ccc(C(F)(F)F)cc1N[C@H]1CCCC[C@@H]1OCc1ccccc1)C(O)c1ccccc1. The van der Waals surface area contributed by atoms with Crippen molar-refractivity contribution in [3.05, 3.63) is 101 Å². The number of ketones is 1. The van der Waals surface area contributed by atoms with Crippen LogP contribution in [-0.2, 0) is 17.5 Å². The summed E-state index contributed by atoms with van der Waals surface area (Å²) in [5.41, 5.74) is 0.605. The summed E-state index contributed by atoms with van der Waals surface area (Å²) in [5.74, 6) is -0.662. The van der Waals surface area contributed by atoms with E-state index < -0.39 is 23.6 Å². The highest BCUT2D eigenvalue weighted by Gasteiger charge is 2.34. The van der Waals surface area contributed by atoms with Gasteiger partial charge in [0.25, 0.3) is 0 Å². The highest BCUT2D eigenvalue weighted by Crippen LogP contribution is 2.35. The summed E-state index contributed by atoms with van der Waals surface area (Å²) >= 11 is 0. The van der Waals surface area contributed by atoms with Gasteiger partial charge in [0, 0.05) is 11.3 Å². The Morgan fingerprint density at radius 1 is 0.971 bits per heavy atom. The Labute approximate surface area is 202 Å². The minimum absolute atomic E-state index is 0.0155. The fourth-order valence-electron chi connectivity index (χ4n) is 4.43. The third kappa shape index (κ3) is 6.29. The van der Waals surface area contributed by atoms with Gasteiger partial charge >= 0.3 is 6.18 Å². The van der Waals surface area contributed by atoms with E-state index in [9.17, 15) is 23.1 Å². The first kappa shape index (κ1) is 24.9. The summed E-state index contributed by atoms with van der Waals surface area (Å²) in [5, 5.41) is 13.8. The molecule has 4 nitrogen and oxygen atoms in total. The van der Waals surface area contributed by atoms with Gasteiger partial charge in [-0.25, -0.2) is 0 Å². The Bertz CT molecular complexity index is 1120. The van der Waals surface area contributed by atoms with Crippen molar-refractivity contribution >= 4 is 11.5 Å². The first-order valence-corrected chi connectivity index (χ1v) is 11.7. The normalized spacial score (nSPS) is 19.2. The van der Waals surface area contributed by atoms with Crippen molar-refractivity contribution in [2.24, 2.45) is 0 Å². The van der Waals surface area contributed by atoms with Crippen molar-refractivity contribution in [2.45, 2.75) is 56.7 Å². The smallest absolute Gasteiger partial charge is 0.380 e. The molecule has 4 rings (SSSR count). The second-order valence-corrected chi connectivity index (χ2v) is 8.81. The second kappa shape index (κ2) is 11.1. The number of alkyl halides is 3. The molecule has 1 aliphatic carbocycles. The van der Waals surface area contributed by atoms with Gasteiger partial charge in [0.05, 0.1) is 24.3 Å². The lowest BCUT2D eigenvalue weighted by Crippen LogP contribution is -2.39. The second-order valence-electron chi connectivity index (χ2n) is 8.81. The van der Waals surface area contributed by atoms with Gasteiger partial charge in [-0.3, -0.25) is 4.79 Å². The van der Waals surface area contributed by atoms with Crippen LogP contribution in [0, 0.1) is 0 Å². The Kier molecular flexibility index (Phi) is 7.88. The summed E-state index contributed by atoms with van der Waals surface area (Å²) in [6, 6.07) is 20.7. The van der Waals surface area contributed by atoms with E-state index in [1.807, 2.05) is 30.3 Å². The summed E-state index contributed by atoms with van der Waals surface area (Å²) in [4.78, 5) is 13.2. The maximum atomic E-state index is 13.5. The molecular weight excluding hydrogens is 455 g/mol. The Hall–Kier alpha value is -3.16. The molecule has 184 valence electrons. The van der Waals surface area contributed by atoms with Gasteiger partial charge in [-0.1, -0.05) is 73.5 Å². The van der Waals surface area contributed by atoms with Crippen LogP contribution in [0.2, 0.25) is 0 Å². The minimum Gasteiger partial charge on any atom is -0.380 e. The number of nitrogens with one attached hydrogen (secondary N) is 1. The lowest BCUT2D eigenvalue weighted by Gasteiger charge is -2.33. The van der Waals surface area contributed by atoms with Gasteiger partial charge in [0.15, 0.2) is 5.78 Å². The molecule has 1 fully saturated rings. The molecule has 3 aromatic carbocycles. The van der Waals surface area contributed by atoms with Crippen LogP contribution < -0.4 is 5.32 Å². The van der Waals surface area contributed by atoms with Crippen molar-refractivity contribution in [2.75, 3.05) is 5.32 Å². The average Bonchev–Trinajstić information content (AvgIpc) is 2.88. The molecule has 0 spiro atoms. The number of carbonyl (C=O) groups is 1. The molecule has 3 atom stereocenters. The van der Waals surface area contributed by atoms with Crippen molar-refractivity contribution < 1.29 is 27.8 Å². The van der Waals surface area contributed by atoms with Crippen LogP contribution in [0.5, 0.6) is 0 Å². The zero-order valence-corrected chi connectivity index (χ0v) is 19.2. The Morgan fingerprint density at radius 2 is 1.63 bits per heavy atom. The third-order valence-corrected chi connectivity index (χ3v) is 6.33. The number of halogens is 3. The molecule has 1 aliphatic rings. The van der Waals surface area contributed by atoms with Crippen molar-refractivity contribution in [3.8, 4) is 0 Å². The first-order chi connectivity index (χ1) is 16.8. The fraction of sp³-hybridized carbons (Fsp3) is 0.321. The molecule has 7 heteroatoms. The number of benzene rings is 3. The first-order valence-electron chi connectivity index (χ1n) is 11.7. The fourth-order valence-corrected chi connectivity index (χ4v) is 4.43. The quantitative estimate of drug-likeness (QED) is 0.356. The molecule has 2 N–H and O–H groups in total. The number of Topliss-reactive ketones (excluding diaryl/α,β-unsaturated/α-hetero) is 1. The molecule has 0 amide bonds. The summed E-state index contributed by atoms with van der Waals surface area (Å²) < 4.78 is 46.7. The zero-order chi connectivity index (χ0) is 24.8. The maximum absolute atomic E-state index is 13.5. The van der Waals surface area contributed by atoms with E-state index in [1.165, 1.54) is 0 Å². The number of rotatable bonds is 8. The van der Waals surface area contributed by atoms with E-state index in [4.69, 9.17) is 4.74 Å². The van der Waals surface area contributed by atoms with Crippen LogP contribution in [0.25, 0.3) is 0 Å². The van der Waals surface area contributed by atoms with Crippen LogP contribution in [0.4, 0.5) is 18.9 Å². The molecule has 0 aliphatic heterocycles. The molecule has 3 aromatic rings. The molecule has 35 heavy (non-hydrogen) atoms. The lowest BCUT2D eigenvalue weighted by molar-refractivity contribution is -0.137. The predicted octanol–water partition coefficient (Wildman–Crippen LogP) is 6.56. The zero-order valence-electron chi connectivity index (χ0n) is 19.2. The average molecular weight is 484 g/mol. The Balaban J connectivity index is 1.60.